The Morgan fingerprint density at radius 2 is 1.70 bits per heavy atom. The van der Waals surface area contributed by atoms with Gasteiger partial charge in [0.2, 0.25) is 0 Å². The van der Waals surface area contributed by atoms with E-state index in [9.17, 15) is 5.26 Å². The van der Waals surface area contributed by atoms with Crippen LogP contribution in [0.3, 0.4) is 0 Å². The zero-order valence-electron chi connectivity index (χ0n) is 15.4. The molecule has 0 aliphatic carbocycles. The SMILES string of the molecule is CN(C)c1ncnc2ccc(N3CCN(c4nccnc4C#N)CC3)cc12. The van der Waals surface area contributed by atoms with Gasteiger partial charge in [0.25, 0.3) is 0 Å². The molecule has 8 nitrogen and oxygen atoms in total. The molecule has 3 aromatic rings. The van der Waals surface area contributed by atoms with Crippen molar-refractivity contribution in [1.29, 1.82) is 5.26 Å². The van der Waals surface area contributed by atoms with Gasteiger partial charge in [-0.25, -0.2) is 19.9 Å². The van der Waals surface area contributed by atoms with Gasteiger partial charge >= 0.3 is 0 Å². The minimum absolute atomic E-state index is 0.379. The third-order valence-corrected chi connectivity index (χ3v) is 4.75. The molecule has 1 saturated heterocycles. The van der Waals surface area contributed by atoms with E-state index in [1.807, 2.05) is 25.1 Å². The molecule has 4 rings (SSSR count). The fraction of sp³-hybridized carbons (Fsp3) is 0.316. The molecule has 0 saturated carbocycles. The highest BCUT2D eigenvalue weighted by molar-refractivity contribution is 5.91. The molecule has 1 fully saturated rings. The normalized spacial score (nSPS) is 14.3. The van der Waals surface area contributed by atoms with Crippen molar-refractivity contribution in [3.8, 4) is 6.07 Å². The van der Waals surface area contributed by atoms with Crippen molar-refractivity contribution in [2.24, 2.45) is 0 Å². The summed E-state index contributed by atoms with van der Waals surface area (Å²) in [6.45, 7) is 3.27. The molecule has 8 heteroatoms. The molecule has 136 valence electrons. The number of nitrogens with zero attached hydrogens (tertiary/aromatic N) is 8. The molecule has 2 aromatic heterocycles. The second-order valence-electron chi connectivity index (χ2n) is 6.61. The van der Waals surface area contributed by atoms with Gasteiger partial charge in [-0.15, -0.1) is 0 Å². The van der Waals surface area contributed by atoms with Crippen LogP contribution >= 0.6 is 0 Å². The summed E-state index contributed by atoms with van der Waals surface area (Å²) in [4.78, 5) is 23.7. The highest BCUT2D eigenvalue weighted by Crippen LogP contribution is 2.28. The van der Waals surface area contributed by atoms with E-state index in [0.29, 0.717) is 11.5 Å². The van der Waals surface area contributed by atoms with E-state index in [0.717, 1.165) is 48.6 Å². The first-order chi connectivity index (χ1) is 13.2. The number of anilines is 3. The van der Waals surface area contributed by atoms with Gasteiger partial charge in [0.05, 0.1) is 5.52 Å². The molecule has 0 atom stereocenters. The number of rotatable bonds is 3. The highest BCUT2D eigenvalue weighted by Gasteiger charge is 2.21. The van der Waals surface area contributed by atoms with Crippen molar-refractivity contribution in [3.63, 3.8) is 0 Å². The predicted octanol–water partition coefficient (Wildman–Crippen LogP) is 1.68. The van der Waals surface area contributed by atoms with Gasteiger partial charge in [-0.05, 0) is 18.2 Å². The Kier molecular flexibility index (Phi) is 4.42. The Balaban J connectivity index is 1.56. The predicted molar refractivity (Wildman–Crippen MR) is 105 cm³/mol. The van der Waals surface area contributed by atoms with Crippen LogP contribution in [0.25, 0.3) is 10.9 Å². The van der Waals surface area contributed by atoms with E-state index in [1.165, 1.54) is 0 Å². The molecule has 0 bridgehead atoms. The van der Waals surface area contributed by atoms with Crippen molar-refractivity contribution in [2.75, 3.05) is 55.0 Å². The fourth-order valence-corrected chi connectivity index (χ4v) is 3.40. The summed E-state index contributed by atoms with van der Waals surface area (Å²) >= 11 is 0. The zero-order chi connectivity index (χ0) is 18.8. The number of aromatic nitrogens is 4. The maximum Gasteiger partial charge on any atom is 0.183 e. The number of hydrogen-bond acceptors (Lipinski definition) is 8. The third kappa shape index (κ3) is 3.19. The van der Waals surface area contributed by atoms with Gasteiger partial charge in [-0.2, -0.15) is 5.26 Å². The first-order valence-electron chi connectivity index (χ1n) is 8.80. The Morgan fingerprint density at radius 1 is 0.963 bits per heavy atom. The quantitative estimate of drug-likeness (QED) is 0.697. The van der Waals surface area contributed by atoms with E-state index in [4.69, 9.17) is 0 Å². The van der Waals surface area contributed by atoms with Gasteiger partial charge in [0, 0.05) is 63.7 Å². The zero-order valence-corrected chi connectivity index (χ0v) is 15.4. The molecule has 0 spiro atoms. The molecule has 1 aliphatic rings. The number of nitriles is 1. The molecule has 0 radical (unpaired) electrons. The minimum Gasteiger partial charge on any atom is -0.368 e. The molecule has 0 amide bonds. The molecule has 0 unspecified atom stereocenters. The van der Waals surface area contributed by atoms with Crippen LogP contribution in [-0.2, 0) is 0 Å². The van der Waals surface area contributed by atoms with Gasteiger partial charge in [0.1, 0.15) is 18.2 Å². The lowest BCUT2D eigenvalue weighted by atomic mass is 10.1. The maximum atomic E-state index is 9.25. The van der Waals surface area contributed by atoms with E-state index >= 15 is 0 Å². The van der Waals surface area contributed by atoms with Crippen molar-refractivity contribution < 1.29 is 0 Å². The van der Waals surface area contributed by atoms with Crippen LogP contribution in [0.1, 0.15) is 5.69 Å². The highest BCUT2D eigenvalue weighted by atomic mass is 15.3. The van der Waals surface area contributed by atoms with Crippen molar-refractivity contribution in [3.05, 3.63) is 42.6 Å². The van der Waals surface area contributed by atoms with Crippen LogP contribution in [0.2, 0.25) is 0 Å². The summed E-state index contributed by atoms with van der Waals surface area (Å²) in [7, 11) is 3.97. The lowest BCUT2D eigenvalue weighted by Gasteiger charge is -2.36. The summed E-state index contributed by atoms with van der Waals surface area (Å²) in [5.41, 5.74) is 2.47. The second kappa shape index (κ2) is 7.03. The summed E-state index contributed by atoms with van der Waals surface area (Å²) in [5, 5.41) is 10.3. The van der Waals surface area contributed by atoms with Crippen molar-refractivity contribution in [1.82, 2.24) is 19.9 Å². The van der Waals surface area contributed by atoms with Crippen LogP contribution in [-0.4, -0.2) is 60.2 Å². The second-order valence-corrected chi connectivity index (χ2v) is 6.61. The first kappa shape index (κ1) is 17.0. The summed E-state index contributed by atoms with van der Waals surface area (Å²) in [6, 6.07) is 8.43. The molecule has 3 heterocycles. The van der Waals surface area contributed by atoms with Crippen LogP contribution < -0.4 is 14.7 Å². The molecule has 1 aliphatic heterocycles. The Labute approximate surface area is 157 Å². The Hall–Kier alpha value is -3.47. The molecule has 0 N–H and O–H groups in total. The van der Waals surface area contributed by atoms with Gasteiger partial charge in [-0.1, -0.05) is 0 Å². The lowest BCUT2D eigenvalue weighted by Crippen LogP contribution is -2.47. The van der Waals surface area contributed by atoms with Crippen LogP contribution in [0.5, 0.6) is 0 Å². The molecular weight excluding hydrogens is 340 g/mol. The third-order valence-electron chi connectivity index (χ3n) is 4.75. The largest absolute Gasteiger partial charge is 0.368 e. The number of hydrogen-bond donors (Lipinski definition) is 0. The lowest BCUT2D eigenvalue weighted by molar-refractivity contribution is 0.645. The minimum atomic E-state index is 0.379. The Morgan fingerprint density at radius 3 is 2.44 bits per heavy atom. The number of piperazine rings is 1. The smallest absolute Gasteiger partial charge is 0.183 e. The first-order valence-corrected chi connectivity index (χ1v) is 8.80. The fourth-order valence-electron chi connectivity index (χ4n) is 3.40. The van der Waals surface area contributed by atoms with Crippen LogP contribution in [0.4, 0.5) is 17.3 Å². The number of benzene rings is 1. The number of fused-ring (bicyclic) bond motifs is 1. The maximum absolute atomic E-state index is 9.25. The summed E-state index contributed by atoms with van der Waals surface area (Å²) in [5.74, 6) is 1.58. The average Bonchev–Trinajstić information content (AvgIpc) is 2.73. The van der Waals surface area contributed by atoms with Crippen molar-refractivity contribution >= 4 is 28.2 Å². The van der Waals surface area contributed by atoms with Gasteiger partial charge in [-0.3, -0.25) is 0 Å². The van der Waals surface area contributed by atoms with E-state index < -0.39 is 0 Å². The van der Waals surface area contributed by atoms with E-state index in [1.54, 1.807) is 18.7 Å². The standard InChI is InChI=1S/C19H20N8/c1-25(2)18-15-11-14(3-4-16(15)23-13-24-18)26-7-9-27(10-8-26)19-17(12-20)21-5-6-22-19/h3-6,11,13H,7-10H2,1-2H3. The Bertz CT molecular complexity index is 1000. The van der Waals surface area contributed by atoms with Crippen molar-refractivity contribution in [2.45, 2.75) is 0 Å². The van der Waals surface area contributed by atoms with Gasteiger partial charge < -0.3 is 14.7 Å². The van der Waals surface area contributed by atoms with Crippen LogP contribution in [0.15, 0.2) is 36.9 Å². The molecule has 1 aromatic carbocycles. The molecular formula is C19H20N8. The molecule has 27 heavy (non-hydrogen) atoms. The summed E-state index contributed by atoms with van der Waals surface area (Å²) in [6.07, 6.45) is 4.79. The summed E-state index contributed by atoms with van der Waals surface area (Å²) < 4.78 is 0. The topological polar surface area (TPSA) is 85.1 Å². The van der Waals surface area contributed by atoms with E-state index in [-0.39, 0.29) is 0 Å². The van der Waals surface area contributed by atoms with Gasteiger partial charge in [0.15, 0.2) is 11.5 Å². The van der Waals surface area contributed by atoms with E-state index in [2.05, 4.69) is 47.9 Å². The van der Waals surface area contributed by atoms with Crippen LogP contribution in [0, 0.1) is 11.3 Å². The monoisotopic (exact) mass is 360 g/mol. The average molecular weight is 360 g/mol.